The number of amides is 2. The second-order valence-corrected chi connectivity index (χ2v) is 8.14. The van der Waals surface area contributed by atoms with Gasteiger partial charge in [0.2, 0.25) is 5.91 Å². The van der Waals surface area contributed by atoms with Crippen LogP contribution < -0.4 is 11.1 Å². The molecule has 0 aromatic carbocycles. The zero-order valence-corrected chi connectivity index (χ0v) is 14.2. The molecule has 0 fully saturated rings. The average molecular weight is 348 g/mol. The van der Waals surface area contributed by atoms with Gasteiger partial charge in [0.25, 0.3) is 5.91 Å². The monoisotopic (exact) mass is 348 g/mol. The van der Waals surface area contributed by atoms with Crippen molar-refractivity contribution in [1.82, 2.24) is 0 Å². The molecule has 8 heteroatoms. The van der Waals surface area contributed by atoms with E-state index in [2.05, 4.69) is 23.3 Å². The maximum absolute atomic E-state index is 12.2. The molecule has 2 heterocycles. The lowest BCUT2D eigenvalue weighted by atomic mass is 9.88. The van der Waals surface area contributed by atoms with Gasteiger partial charge in [0.05, 0.1) is 5.56 Å². The number of thiophene rings is 1. The first kappa shape index (κ1) is 16.0. The first-order valence-electron chi connectivity index (χ1n) is 7.37. The predicted molar refractivity (Wildman–Crippen MR) is 91.5 cm³/mol. The standard InChI is InChI=1S/C15H16N4O2S2/c1-7-2-3-8-9(6-16)14(22-10(8)4-7)18-12(20)5-11-13(21)19-15(17)23-11/h7,11H,2-5H2,1H3,(H,18,20)(H2,17,19,21)/t7-,11-/m0/s1. The molecule has 0 bridgehead atoms. The molecule has 2 atom stereocenters. The van der Waals surface area contributed by atoms with E-state index in [0.29, 0.717) is 16.5 Å². The van der Waals surface area contributed by atoms with Crippen molar-refractivity contribution in [2.24, 2.45) is 16.6 Å². The van der Waals surface area contributed by atoms with E-state index < -0.39 is 5.25 Å². The molecule has 1 aromatic rings. The Morgan fingerprint density at radius 1 is 1.57 bits per heavy atom. The number of nitriles is 1. The van der Waals surface area contributed by atoms with Gasteiger partial charge >= 0.3 is 0 Å². The predicted octanol–water partition coefficient (Wildman–Crippen LogP) is 2.03. The third-order valence-corrected chi connectivity index (χ3v) is 6.16. The lowest BCUT2D eigenvalue weighted by Crippen LogP contribution is -2.21. The number of amidine groups is 1. The number of nitrogens with two attached hydrogens (primary N) is 1. The van der Waals surface area contributed by atoms with E-state index in [1.54, 1.807) is 0 Å². The number of rotatable bonds is 3. The molecule has 6 nitrogen and oxygen atoms in total. The van der Waals surface area contributed by atoms with Gasteiger partial charge < -0.3 is 11.1 Å². The van der Waals surface area contributed by atoms with Crippen molar-refractivity contribution in [1.29, 1.82) is 5.26 Å². The summed E-state index contributed by atoms with van der Waals surface area (Å²) in [6, 6.07) is 2.21. The number of aliphatic imine (C=N–C) groups is 1. The highest BCUT2D eigenvalue weighted by Crippen LogP contribution is 2.39. The molecular weight excluding hydrogens is 332 g/mol. The van der Waals surface area contributed by atoms with Gasteiger partial charge in [-0.3, -0.25) is 9.59 Å². The van der Waals surface area contributed by atoms with E-state index in [1.807, 2.05) is 0 Å². The number of carbonyl (C=O) groups excluding carboxylic acids is 2. The molecule has 1 aliphatic carbocycles. The molecule has 2 amide bonds. The molecule has 0 saturated heterocycles. The highest BCUT2D eigenvalue weighted by Gasteiger charge is 2.30. The summed E-state index contributed by atoms with van der Waals surface area (Å²) in [5, 5.41) is 12.4. The van der Waals surface area contributed by atoms with Crippen molar-refractivity contribution in [3.63, 3.8) is 0 Å². The molecule has 1 aromatic heterocycles. The fourth-order valence-corrected chi connectivity index (χ4v) is 5.04. The fraction of sp³-hybridized carbons (Fsp3) is 0.467. The maximum Gasteiger partial charge on any atom is 0.262 e. The Balaban J connectivity index is 1.72. The Kier molecular flexibility index (Phi) is 4.41. The number of hydrogen-bond acceptors (Lipinski definition) is 6. The Morgan fingerprint density at radius 3 is 3.00 bits per heavy atom. The second kappa shape index (κ2) is 6.34. The zero-order valence-electron chi connectivity index (χ0n) is 12.6. The van der Waals surface area contributed by atoms with Crippen molar-refractivity contribution in [3.8, 4) is 6.07 Å². The zero-order chi connectivity index (χ0) is 16.6. The quantitative estimate of drug-likeness (QED) is 0.869. The van der Waals surface area contributed by atoms with Crippen LogP contribution in [0.5, 0.6) is 0 Å². The fourth-order valence-electron chi connectivity index (χ4n) is 2.84. The minimum Gasteiger partial charge on any atom is -0.378 e. The molecular formula is C15H16N4O2S2. The largest absolute Gasteiger partial charge is 0.378 e. The van der Waals surface area contributed by atoms with Gasteiger partial charge in [0.15, 0.2) is 5.17 Å². The van der Waals surface area contributed by atoms with Crippen molar-refractivity contribution >= 4 is 45.1 Å². The second-order valence-electron chi connectivity index (χ2n) is 5.81. The SMILES string of the molecule is C[C@H]1CCc2c(sc(NC(=O)C[C@@H]3SC(N)=NC3=O)c2C#N)C1. The van der Waals surface area contributed by atoms with Gasteiger partial charge in [-0.05, 0) is 30.7 Å². The Morgan fingerprint density at radius 2 is 2.35 bits per heavy atom. The Bertz CT molecular complexity index is 747. The molecule has 3 rings (SSSR count). The summed E-state index contributed by atoms with van der Waals surface area (Å²) in [6.07, 6.45) is 2.91. The summed E-state index contributed by atoms with van der Waals surface area (Å²) in [6.45, 7) is 2.19. The molecule has 0 unspecified atom stereocenters. The van der Waals surface area contributed by atoms with E-state index in [0.717, 1.165) is 36.6 Å². The first-order chi connectivity index (χ1) is 11.0. The molecule has 0 spiro atoms. The van der Waals surface area contributed by atoms with Crippen LogP contribution in [-0.4, -0.2) is 22.2 Å². The van der Waals surface area contributed by atoms with Crippen LogP contribution in [0, 0.1) is 17.2 Å². The number of nitrogens with one attached hydrogen (secondary N) is 1. The van der Waals surface area contributed by atoms with E-state index >= 15 is 0 Å². The summed E-state index contributed by atoms with van der Waals surface area (Å²) in [5.74, 6) is -0.0600. The van der Waals surface area contributed by atoms with Gasteiger partial charge in [-0.25, -0.2) is 0 Å². The summed E-state index contributed by atoms with van der Waals surface area (Å²) < 4.78 is 0. The van der Waals surface area contributed by atoms with Crippen LogP contribution in [0.2, 0.25) is 0 Å². The van der Waals surface area contributed by atoms with Crippen LogP contribution in [0.25, 0.3) is 0 Å². The summed E-state index contributed by atoms with van der Waals surface area (Å²) in [7, 11) is 0. The highest BCUT2D eigenvalue weighted by atomic mass is 32.2. The lowest BCUT2D eigenvalue weighted by Gasteiger charge is -2.17. The number of fused-ring (bicyclic) bond motifs is 1. The molecule has 0 radical (unpaired) electrons. The minimum absolute atomic E-state index is 0.0114. The van der Waals surface area contributed by atoms with Crippen LogP contribution >= 0.6 is 23.1 Å². The van der Waals surface area contributed by atoms with Crippen LogP contribution in [0.15, 0.2) is 4.99 Å². The molecule has 3 N–H and O–H groups in total. The summed E-state index contributed by atoms with van der Waals surface area (Å²) in [4.78, 5) is 28.6. The molecule has 2 aliphatic rings. The number of carbonyl (C=O) groups is 2. The maximum atomic E-state index is 12.2. The average Bonchev–Trinajstić information content (AvgIpc) is 2.97. The number of nitrogens with zero attached hydrogens (tertiary/aromatic N) is 2. The summed E-state index contributed by atoms with van der Waals surface area (Å²) in [5.41, 5.74) is 7.14. The smallest absolute Gasteiger partial charge is 0.262 e. The number of anilines is 1. The Labute approximate surface area is 142 Å². The molecule has 1 aliphatic heterocycles. The van der Waals surface area contributed by atoms with Gasteiger partial charge in [-0.2, -0.15) is 10.3 Å². The molecule has 23 heavy (non-hydrogen) atoms. The lowest BCUT2D eigenvalue weighted by molar-refractivity contribution is -0.121. The topological polar surface area (TPSA) is 108 Å². The molecule has 0 saturated carbocycles. The Hall–Kier alpha value is -1.85. The van der Waals surface area contributed by atoms with Crippen LogP contribution in [-0.2, 0) is 22.4 Å². The van der Waals surface area contributed by atoms with E-state index in [9.17, 15) is 14.9 Å². The van der Waals surface area contributed by atoms with Crippen molar-refractivity contribution in [3.05, 3.63) is 16.0 Å². The third kappa shape index (κ3) is 3.26. The van der Waals surface area contributed by atoms with Gasteiger partial charge in [0.1, 0.15) is 16.3 Å². The van der Waals surface area contributed by atoms with Gasteiger partial charge in [0, 0.05) is 11.3 Å². The van der Waals surface area contributed by atoms with Crippen molar-refractivity contribution in [2.45, 2.75) is 37.9 Å². The van der Waals surface area contributed by atoms with Crippen LogP contribution in [0.4, 0.5) is 5.00 Å². The van der Waals surface area contributed by atoms with Gasteiger partial charge in [-0.15, -0.1) is 11.3 Å². The van der Waals surface area contributed by atoms with Crippen molar-refractivity contribution < 1.29 is 9.59 Å². The normalized spacial score (nSPS) is 23.1. The van der Waals surface area contributed by atoms with E-state index in [4.69, 9.17) is 5.73 Å². The first-order valence-corrected chi connectivity index (χ1v) is 9.06. The van der Waals surface area contributed by atoms with Crippen molar-refractivity contribution in [2.75, 3.05) is 5.32 Å². The highest BCUT2D eigenvalue weighted by molar-refractivity contribution is 8.15. The number of thioether (sulfide) groups is 1. The molecule has 120 valence electrons. The number of hydrogen-bond donors (Lipinski definition) is 2. The van der Waals surface area contributed by atoms with Crippen LogP contribution in [0.3, 0.4) is 0 Å². The van der Waals surface area contributed by atoms with E-state index in [-0.39, 0.29) is 23.4 Å². The van der Waals surface area contributed by atoms with E-state index in [1.165, 1.54) is 16.2 Å². The van der Waals surface area contributed by atoms with Gasteiger partial charge in [-0.1, -0.05) is 18.7 Å². The van der Waals surface area contributed by atoms with Crippen LogP contribution in [0.1, 0.15) is 35.8 Å². The minimum atomic E-state index is -0.560. The third-order valence-electron chi connectivity index (χ3n) is 4.01. The summed E-state index contributed by atoms with van der Waals surface area (Å²) >= 11 is 2.58.